The van der Waals surface area contributed by atoms with Crippen LogP contribution in [0.4, 0.5) is 11.7 Å². The van der Waals surface area contributed by atoms with E-state index in [1.165, 1.54) is 18.9 Å². The number of nitrogens with one attached hydrogen (secondary N) is 1. The highest BCUT2D eigenvalue weighted by Crippen LogP contribution is 2.27. The molecular formula is C14H17N3O4. The van der Waals surface area contributed by atoms with Crippen LogP contribution in [0, 0.1) is 10.1 Å². The molecule has 3 rings (SSSR count). The number of rotatable bonds is 6. The molecule has 0 radical (unpaired) electrons. The SMILES string of the molecule is O=[N+]([O-])c1cccc2oc(NCCOC3CCCC3)nc12. The first kappa shape index (κ1) is 13.8. The van der Waals surface area contributed by atoms with Crippen LogP contribution in [-0.2, 0) is 4.74 Å². The van der Waals surface area contributed by atoms with Gasteiger partial charge in [-0.15, -0.1) is 0 Å². The Morgan fingerprint density at radius 3 is 3.00 bits per heavy atom. The van der Waals surface area contributed by atoms with Gasteiger partial charge in [0.15, 0.2) is 11.1 Å². The van der Waals surface area contributed by atoms with Gasteiger partial charge in [0.05, 0.1) is 17.6 Å². The van der Waals surface area contributed by atoms with E-state index in [0.29, 0.717) is 24.8 Å². The van der Waals surface area contributed by atoms with Crippen molar-refractivity contribution in [1.29, 1.82) is 0 Å². The Labute approximate surface area is 121 Å². The molecule has 1 heterocycles. The van der Waals surface area contributed by atoms with Crippen LogP contribution in [0.1, 0.15) is 25.7 Å². The molecular weight excluding hydrogens is 274 g/mol. The Morgan fingerprint density at radius 1 is 1.43 bits per heavy atom. The fourth-order valence-electron chi connectivity index (χ4n) is 2.60. The van der Waals surface area contributed by atoms with E-state index in [9.17, 15) is 10.1 Å². The van der Waals surface area contributed by atoms with Crippen LogP contribution in [0.3, 0.4) is 0 Å². The molecule has 1 fully saturated rings. The van der Waals surface area contributed by atoms with Crippen molar-refractivity contribution in [3.05, 3.63) is 28.3 Å². The van der Waals surface area contributed by atoms with Crippen molar-refractivity contribution in [1.82, 2.24) is 4.98 Å². The molecule has 2 aromatic rings. The van der Waals surface area contributed by atoms with Crippen LogP contribution in [0.15, 0.2) is 22.6 Å². The summed E-state index contributed by atoms with van der Waals surface area (Å²) in [5, 5.41) is 13.9. The summed E-state index contributed by atoms with van der Waals surface area (Å²) in [6.07, 6.45) is 5.13. The summed E-state index contributed by atoms with van der Waals surface area (Å²) in [5.74, 6) is 0. The van der Waals surface area contributed by atoms with Gasteiger partial charge in [-0.25, -0.2) is 0 Å². The molecule has 21 heavy (non-hydrogen) atoms. The predicted octanol–water partition coefficient (Wildman–Crippen LogP) is 3.11. The van der Waals surface area contributed by atoms with E-state index in [1.807, 2.05) is 0 Å². The second kappa shape index (κ2) is 6.09. The molecule has 1 aromatic carbocycles. The minimum absolute atomic E-state index is 0.0495. The topological polar surface area (TPSA) is 90.4 Å². The Morgan fingerprint density at radius 2 is 2.24 bits per heavy atom. The lowest BCUT2D eigenvalue weighted by Gasteiger charge is -2.10. The van der Waals surface area contributed by atoms with E-state index in [4.69, 9.17) is 9.15 Å². The molecule has 1 aliphatic carbocycles. The van der Waals surface area contributed by atoms with Crippen molar-refractivity contribution in [3.63, 3.8) is 0 Å². The summed E-state index contributed by atoms with van der Waals surface area (Å²) in [5.41, 5.74) is 0.622. The average Bonchev–Trinajstić information content (AvgIpc) is 3.11. The van der Waals surface area contributed by atoms with Crippen LogP contribution < -0.4 is 5.32 Å². The van der Waals surface area contributed by atoms with E-state index < -0.39 is 4.92 Å². The minimum atomic E-state index is -0.460. The Hall–Kier alpha value is -2.15. The number of non-ortho nitro benzene ring substituents is 1. The molecule has 1 aromatic heterocycles. The molecule has 0 atom stereocenters. The maximum absolute atomic E-state index is 10.9. The third kappa shape index (κ3) is 3.13. The van der Waals surface area contributed by atoms with Gasteiger partial charge in [-0.1, -0.05) is 18.9 Å². The number of nitro groups is 1. The van der Waals surface area contributed by atoms with Gasteiger partial charge >= 0.3 is 0 Å². The third-order valence-electron chi connectivity index (χ3n) is 3.63. The number of benzene rings is 1. The first-order chi connectivity index (χ1) is 10.2. The molecule has 0 saturated heterocycles. The minimum Gasteiger partial charge on any atom is -0.423 e. The van der Waals surface area contributed by atoms with Crippen LogP contribution in [0.25, 0.3) is 11.1 Å². The Balaban J connectivity index is 1.59. The lowest BCUT2D eigenvalue weighted by Crippen LogP contribution is -2.15. The van der Waals surface area contributed by atoms with Gasteiger partial charge in [-0.05, 0) is 18.9 Å². The maximum atomic E-state index is 10.9. The number of para-hydroxylation sites is 1. The highest BCUT2D eigenvalue weighted by molar-refractivity contribution is 5.83. The molecule has 1 N–H and O–H groups in total. The Bertz CT molecular complexity index is 634. The van der Waals surface area contributed by atoms with Crippen molar-refractivity contribution in [2.75, 3.05) is 18.5 Å². The average molecular weight is 291 g/mol. The van der Waals surface area contributed by atoms with E-state index in [0.717, 1.165) is 12.8 Å². The van der Waals surface area contributed by atoms with Crippen molar-refractivity contribution < 1.29 is 14.1 Å². The number of oxazole rings is 1. The fraction of sp³-hybridized carbons (Fsp3) is 0.500. The summed E-state index contributed by atoms with van der Waals surface area (Å²) in [6, 6.07) is 4.95. The highest BCUT2D eigenvalue weighted by atomic mass is 16.6. The molecule has 0 unspecified atom stereocenters. The molecule has 1 aliphatic rings. The van der Waals surface area contributed by atoms with Crippen molar-refractivity contribution in [2.24, 2.45) is 0 Å². The molecule has 7 nitrogen and oxygen atoms in total. The molecule has 112 valence electrons. The molecule has 0 spiro atoms. The van der Waals surface area contributed by atoms with Crippen LogP contribution >= 0.6 is 0 Å². The maximum Gasteiger partial charge on any atom is 0.298 e. The van der Waals surface area contributed by atoms with Gasteiger partial charge in [0, 0.05) is 12.6 Å². The smallest absolute Gasteiger partial charge is 0.298 e. The van der Waals surface area contributed by atoms with Crippen LogP contribution in [-0.4, -0.2) is 29.2 Å². The van der Waals surface area contributed by atoms with Gasteiger partial charge < -0.3 is 14.5 Å². The highest BCUT2D eigenvalue weighted by Gasteiger charge is 2.17. The summed E-state index contributed by atoms with van der Waals surface area (Å²) in [6.45, 7) is 1.14. The first-order valence-electron chi connectivity index (χ1n) is 7.13. The van der Waals surface area contributed by atoms with E-state index in [-0.39, 0.29) is 17.2 Å². The molecule has 7 heteroatoms. The summed E-state index contributed by atoms with van der Waals surface area (Å²) < 4.78 is 11.2. The van der Waals surface area contributed by atoms with Crippen LogP contribution in [0.5, 0.6) is 0 Å². The normalized spacial score (nSPS) is 15.6. The molecule has 0 bridgehead atoms. The largest absolute Gasteiger partial charge is 0.423 e. The first-order valence-corrected chi connectivity index (χ1v) is 7.13. The lowest BCUT2D eigenvalue weighted by molar-refractivity contribution is -0.383. The number of aromatic nitrogens is 1. The Kier molecular flexibility index (Phi) is 4.01. The van der Waals surface area contributed by atoms with Gasteiger partial charge in [0.1, 0.15) is 0 Å². The second-order valence-corrected chi connectivity index (χ2v) is 5.10. The quantitative estimate of drug-likeness (QED) is 0.499. The van der Waals surface area contributed by atoms with Crippen LogP contribution in [0.2, 0.25) is 0 Å². The fourth-order valence-corrected chi connectivity index (χ4v) is 2.60. The number of ether oxygens (including phenoxy) is 1. The summed E-state index contributed by atoms with van der Waals surface area (Å²) in [7, 11) is 0. The van der Waals surface area contributed by atoms with Gasteiger partial charge in [0.2, 0.25) is 0 Å². The monoisotopic (exact) mass is 291 g/mol. The zero-order chi connectivity index (χ0) is 14.7. The van der Waals surface area contributed by atoms with Crippen molar-refractivity contribution >= 4 is 22.8 Å². The number of nitrogens with zero attached hydrogens (tertiary/aromatic N) is 2. The lowest BCUT2D eigenvalue weighted by atomic mass is 10.3. The third-order valence-corrected chi connectivity index (χ3v) is 3.63. The predicted molar refractivity (Wildman–Crippen MR) is 77.4 cm³/mol. The van der Waals surface area contributed by atoms with Gasteiger partial charge in [-0.2, -0.15) is 4.98 Å². The molecule has 0 aliphatic heterocycles. The number of nitro benzene ring substituents is 1. The number of fused-ring (bicyclic) bond motifs is 1. The number of anilines is 1. The zero-order valence-electron chi connectivity index (χ0n) is 11.6. The van der Waals surface area contributed by atoms with E-state index >= 15 is 0 Å². The molecule has 1 saturated carbocycles. The summed E-state index contributed by atoms with van der Waals surface area (Å²) in [4.78, 5) is 14.6. The zero-order valence-corrected chi connectivity index (χ0v) is 11.6. The van der Waals surface area contributed by atoms with E-state index in [2.05, 4.69) is 10.3 Å². The summed E-state index contributed by atoms with van der Waals surface area (Å²) >= 11 is 0. The van der Waals surface area contributed by atoms with Crippen molar-refractivity contribution in [3.8, 4) is 0 Å². The van der Waals surface area contributed by atoms with Crippen molar-refractivity contribution in [2.45, 2.75) is 31.8 Å². The second-order valence-electron chi connectivity index (χ2n) is 5.10. The van der Waals surface area contributed by atoms with Gasteiger partial charge in [-0.3, -0.25) is 10.1 Å². The van der Waals surface area contributed by atoms with E-state index in [1.54, 1.807) is 12.1 Å². The number of hydrogen-bond acceptors (Lipinski definition) is 6. The standard InChI is InChI=1S/C14H17N3O4/c18-17(19)11-6-3-7-12-13(11)16-14(21-12)15-8-9-20-10-4-1-2-5-10/h3,6-7,10H,1-2,4-5,8-9H2,(H,15,16). The number of hydrogen-bond donors (Lipinski definition) is 1. The molecule has 0 amide bonds. The van der Waals surface area contributed by atoms with Gasteiger partial charge in [0.25, 0.3) is 11.7 Å².